The molecule has 0 radical (unpaired) electrons. The summed E-state index contributed by atoms with van der Waals surface area (Å²) in [6.45, 7) is 1.71. The average Bonchev–Trinajstić information content (AvgIpc) is 3.07. The summed E-state index contributed by atoms with van der Waals surface area (Å²) >= 11 is 0. The van der Waals surface area contributed by atoms with Gasteiger partial charge in [-0.05, 0) is 6.42 Å². The van der Waals surface area contributed by atoms with E-state index in [1.165, 1.54) is 0 Å². The van der Waals surface area contributed by atoms with Crippen molar-refractivity contribution in [1.29, 1.82) is 0 Å². The lowest BCUT2D eigenvalue weighted by Gasteiger charge is -2.17. The first-order valence-corrected chi connectivity index (χ1v) is 6.55. The van der Waals surface area contributed by atoms with Crippen LogP contribution in [-0.4, -0.2) is 32.7 Å². The second kappa shape index (κ2) is 5.05. The minimum atomic E-state index is 0.151. The van der Waals surface area contributed by atoms with Gasteiger partial charge in [-0.1, -0.05) is 0 Å². The Morgan fingerprint density at radius 3 is 2.74 bits per heavy atom. The molecule has 2 atom stereocenters. The highest BCUT2D eigenvalue weighted by Crippen LogP contribution is 2.34. The Hall–Kier alpha value is -1.82. The van der Waals surface area contributed by atoms with Crippen LogP contribution in [0.5, 0.6) is 0 Å². The van der Waals surface area contributed by atoms with Gasteiger partial charge in [-0.2, -0.15) is 10.2 Å². The molecule has 19 heavy (non-hydrogen) atoms. The molecular weight excluding hydrogens is 242 g/mol. The minimum absolute atomic E-state index is 0.151. The molecule has 0 aliphatic carbocycles. The summed E-state index contributed by atoms with van der Waals surface area (Å²) in [4.78, 5) is 0. The van der Waals surface area contributed by atoms with Gasteiger partial charge in [-0.25, -0.2) is 0 Å². The van der Waals surface area contributed by atoms with Crippen LogP contribution in [0.3, 0.4) is 0 Å². The van der Waals surface area contributed by atoms with Gasteiger partial charge in [0.2, 0.25) is 0 Å². The Labute approximate surface area is 112 Å². The Balaban J connectivity index is 1.63. The molecule has 102 valence electrons. The fourth-order valence-corrected chi connectivity index (χ4v) is 2.56. The van der Waals surface area contributed by atoms with Gasteiger partial charge in [0.25, 0.3) is 0 Å². The zero-order valence-electron chi connectivity index (χ0n) is 11.3. The summed E-state index contributed by atoms with van der Waals surface area (Å²) < 4.78 is 9.46. The first-order valence-electron chi connectivity index (χ1n) is 6.55. The third-order valence-corrected chi connectivity index (χ3v) is 3.54. The van der Waals surface area contributed by atoms with E-state index in [-0.39, 0.29) is 6.10 Å². The Bertz CT molecular complexity index is 547. The summed E-state index contributed by atoms with van der Waals surface area (Å²) in [6, 6.07) is 0. The van der Waals surface area contributed by atoms with Gasteiger partial charge in [0.05, 0.1) is 24.2 Å². The number of anilines is 1. The summed E-state index contributed by atoms with van der Waals surface area (Å²) in [5.41, 5.74) is 2.22. The number of hydrogen-bond acceptors (Lipinski definition) is 4. The number of nitrogens with zero attached hydrogens (tertiary/aromatic N) is 4. The Morgan fingerprint density at radius 2 is 2.05 bits per heavy atom. The predicted molar refractivity (Wildman–Crippen MR) is 71.7 cm³/mol. The topological polar surface area (TPSA) is 56.9 Å². The van der Waals surface area contributed by atoms with Crippen molar-refractivity contribution in [3.63, 3.8) is 0 Å². The lowest BCUT2D eigenvalue weighted by atomic mass is 9.97. The number of nitrogens with one attached hydrogen (secondary N) is 1. The highest BCUT2D eigenvalue weighted by atomic mass is 16.5. The zero-order chi connectivity index (χ0) is 13.2. The summed E-state index contributed by atoms with van der Waals surface area (Å²) in [7, 11) is 3.85. The van der Waals surface area contributed by atoms with E-state index in [2.05, 4.69) is 15.5 Å². The molecule has 0 spiro atoms. The molecule has 6 heteroatoms. The zero-order valence-corrected chi connectivity index (χ0v) is 11.3. The van der Waals surface area contributed by atoms with Gasteiger partial charge in [-0.3, -0.25) is 9.36 Å². The monoisotopic (exact) mass is 261 g/mol. The predicted octanol–water partition coefficient (Wildman–Crippen LogP) is 1.34. The minimum Gasteiger partial charge on any atom is -0.382 e. The summed E-state index contributed by atoms with van der Waals surface area (Å²) in [6.07, 6.45) is 8.98. The Morgan fingerprint density at radius 1 is 1.26 bits per heavy atom. The molecule has 6 nitrogen and oxygen atoms in total. The molecule has 1 aliphatic heterocycles. The molecule has 2 aromatic heterocycles. The highest BCUT2D eigenvalue weighted by Gasteiger charge is 2.30. The summed E-state index contributed by atoms with van der Waals surface area (Å²) in [5.74, 6) is 0.476. The molecule has 0 unspecified atom stereocenters. The van der Waals surface area contributed by atoms with Crippen molar-refractivity contribution in [3.05, 3.63) is 30.4 Å². The van der Waals surface area contributed by atoms with Crippen molar-refractivity contribution in [2.75, 3.05) is 18.5 Å². The third kappa shape index (κ3) is 2.63. The molecule has 1 N–H and O–H groups in total. The van der Waals surface area contributed by atoms with Crippen LogP contribution in [0.15, 0.2) is 24.8 Å². The standard InChI is InChI=1S/C13H19N5O/c1-17-8-11(6-15-17)13-10(3-4-19-13)5-14-12-7-16-18(2)9-12/h6-10,13-14H,3-5H2,1-2H3/t10-,13+/m1/s1. The smallest absolute Gasteiger partial charge is 0.0901 e. The number of hydrogen-bond donors (Lipinski definition) is 1. The van der Waals surface area contributed by atoms with Crippen molar-refractivity contribution in [3.8, 4) is 0 Å². The molecule has 3 rings (SSSR count). The van der Waals surface area contributed by atoms with Crippen molar-refractivity contribution in [1.82, 2.24) is 19.6 Å². The quantitative estimate of drug-likeness (QED) is 0.902. The molecule has 3 heterocycles. The van der Waals surface area contributed by atoms with E-state index in [4.69, 9.17) is 4.74 Å². The lowest BCUT2D eigenvalue weighted by molar-refractivity contribution is 0.0932. The van der Waals surface area contributed by atoms with Gasteiger partial charge in [0.15, 0.2) is 0 Å². The maximum absolute atomic E-state index is 5.84. The highest BCUT2D eigenvalue weighted by molar-refractivity contribution is 5.38. The van der Waals surface area contributed by atoms with Crippen LogP contribution in [-0.2, 0) is 18.8 Å². The van der Waals surface area contributed by atoms with E-state index >= 15 is 0 Å². The van der Waals surface area contributed by atoms with Crippen molar-refractivity contribution in [2.45, 2.75) is 12.5 Å². The summed E-state index contributed by atoms with van der Waals surface area (Å²) in [5, 5.41) is 11.8. The first kappa shape index (κ1) is 12.2. The largest absolute Gasteiger partial charge is 0.382 e. The van der Waals surface area contributed by atoms with Crippen molar-refractivity contribution in [2.24, 2.45) is 20.0 Å². The van der Waals surface area contributed by atoms with E-state index in [1.807, 2.05) is 43.6 Å². The van der Waals surface area contributed by atoms with Crippen LogP contribution in [0.1, 0.15) is 18.1 Å². The maximum atomic E-state index is 5.84. The van der Waals surface area contributed by atoms with Crippen LogP contribution in [0.25, 0.3) is 0 Å². The molecular formula is C13H19N5O. The molecule has 0 amide bonds. The molecule has 2 aromatic rings. The molecule has 0 saturated carbocycles. The Kier molecular flexibility index (Phi) is 3.25. The second-order valence-electron chi connectivity index (χ2n) is 5.07. The van der Waals surface area contributed by atoms with Crippen molar-refractivity contribution >= 4 is 5.69 Å². The first-order chi connectivity index (χ1) is 9.22. The number of aromatic nitrogens is 4. The average molecular weight is 261 g/mol. The van der Waals surface area contributed by atoms with E-state index in [0.717, 1.165) is 30.8 Å². The SMILES string of the molecule is Cn1cc(NC[C@H]2CCO[C@@H]2c2cnn(C)c2)cn1. The van der Waals surface area contributed by atoms with Gasteiger partial charge < -0.3 is 10.1 Å². The van der Waals surface area contributed by atoms with Crippen LogP contribution in [0.4, 0.5) is 5.69 Å². The molecule has 0 aromatic carbocycles. The normalized spacial score (nSPS) is 22.8. The molecule has 1 saturated heterocycles. The van der Waals surface area contributed by atoms with Gasteiger partial charge >= 0.3 is 0 Å². The molecule has 1 fully saturated rings. The molecule has 1 aliphatic rings. The van der Waals surface area contributed by atoms with Crippen molar-refractivity contribution < 1.29 is 4.74 Å². The van der Waals surface area contributed by atoms with Crippen LogP contribution in [0, 0.1) is 5.92 Å². The number of rotatable bonds is 4. The second-order valence-corrected chi connectivity index (χ2v) is 5.07. The van der Waals surface area contributed by atoms with Gasteiger partial charge in [0.1, 0.15) is 0 Å². The van der Waals surface area contributed by atoms with Gasteiger partial charge in [-0.15, -0.1) is 0 Å². The van der Waals surface area contributed by atoms with E-state index in [9.17, 15) is 0 Å². The van der Waals surface area contributed by atoms with Crippen LogP contribution < -0.4 is 5.32 Å². The maximum Gasteiger partial charge on any atom is 0.0901 e. The van der Waals surface area contributed by atoms with Gasteiger partial charge in [0, 0.05) is 51.1 Å². The number of ether oxygens (including phenoxy) is 1. The van der Waals surface area contributed by atoms with E-state index < -0.39 is 0 Å². The fourth-order valence-electron chi connectivity index (χ4n) is 2.56. The number of aryl methyl sites for hydroxylation is 2. The lowest BCUT2D eigenvalue weighted by Crippen LogP contribution is -2.17. The van der Waals surface area contributed by atoms with Crippen LogP contribution in [0.2, 0.25) is 0 Å². The molecule has 0 bridgehead atoms. The van der Waals surface area contributed by atoms with Crippen LogP contribution >= 0.6 is 0 Å². The third-order valence-electron chi connectivity index (χ3n) is 3.54. The van der Waals surface area contributed by atoms with E-state index in [0.29, 0.717) is 5.92 Å². The van der Waals surface area contributed by atoms with E-state index in [1.54, 1.807) is 4.68 Å². The fraction of sp³-hybridized carbons (Fsp3) is 0.538.